The van der Waals surface area contributed by atoms with Crippen LogP contribution in [-0.2, 0) is 4.84 Å². The molecule has 3 nitrogen and oxygen atoms in total. The Bertz CT molecular complexity index is 839. The van der Waals surface area contributed by atoms with Crippen LogP contribution in [-0.4, -0.2) is 31.1 Å². The molecule has 0 atom stereocenters. The summed E-state index contributed by atoms with van der Waals surface area (Å²) in [6, 6.07) is 21.0. The number of benzene rings is 2. The highest BCUT2D eigenvalue weighted by molar-refractivity contribution is 5.92. The molecule has 0 N–H and O–H groups in total. The zero-order valence-corrected chi connectivity index (χ0v) is 15.1. The predicted molar refractivity (Wildman–Crippen MR) is 105 cm³/mol. The van der Waals surface area contributed by atoms with E-state index in [1.165, 1.54) is 10.8 Å². The fourth-order valence-electron chi connectivity index (χ4n) is 3.14. The number of hydrogen-bond acceptors (Lipinski definition) is 3. The monoisotopic (exact) mass is 334 g/mol. The van der Waals surface area contributed by atoms with Crippen molar-refractivity contribution in [1.82, 2.24) is 4.90 Å². The van der Waals surface area contributed by atoms with Gasteiger partial charge in [-0.2, -0.15) is 0 Å². The lowest BCUT2D eigenvalue weighted by Gasteiger charge is -2.16. The van der Waals surface area contributed by atoms with Crippen LogP contribution in [0.3, 0.4) is 0 Å². The number of fused-ring (bicyclic) bond motifs is 2. The smallest absolute Gasteiger partial charge is 0.118 e. The van der Waals surface area contributed by atoms with E-state index in [4.69, 9.17) is 4.84 Å². The molecule has 0 radical (unpaired) electrons. The van der Waals surface area contributed by atoms with Crippen LogP contribution < -0.4 is 5.36 Å². The Morgan fingerprint density at radius 1 is 0.800 bits per heavy atom. The Morgan fingerprint density at radius 2 is 1.36 bits per heavy atom. The molecule has 0 spiro atoms. The van der Waals surface area contributed by atoms with E-state index in [1.54, 1.807) is 0 Å². The fraction of sp³-hybridized carbons (Fsp3) is 0.318. The van der Waals surface area contributed by atoms with Crippen molar-refractivity contribution in [1.29, 1.82) is 0 Å². The highest BCUT2D eigenvalue weighted by atomic mass is 16.6. The molecular weight excluding hydrogens is 308 g/mol. The van der Waals surface area contributed by atoms with Gasteiger partial charge in [-0.15, -0.1) is 0 Å². The summed E-state index contributed by atoms with van der Waals surface area (Å²) in [7, 11) is 0. The standard InChI is InChI=1S/C22H26N2O/c1-3-24(4-2)16-9-17-25-23-22-20-12-7-5-10-18(20)14-15-19-11-6-8-13-21(19)22/h5-8,10-15H,3-4,9,16-17H2,1-2H3. The Balaban J connectivity index is 1.93. The highest BCUT2D eigenvalue weighted by Crippen LogP contribution is 2.15. The molecule has 0 unspecified atom stereocenters. The SMILES string of the molecule is CCN(CC)CCCON=c1c2ccccc2ccc2ccccc12. The van der Waals surface area contributed by atoms with Crippen LogP contribution in [0.15, 0.2) is 65.8 Å². The zero-order valence-electron chi connectivity index (χ0n) is 15.1. The zero-order chi connectivity index (χ0) is 17.5. The quantitative estimate of drug-likeness (QED) is 0.467. The third-order valence-corrected chi connectivity index (χ3v) is 4.63. The second kappa shape index (κ2) is 8.63. The van der Waals surface area contributed by atoms with Gasteiger partial charge in [0, 0.05) is 17.3 Å². The number of hydrogen-bond donors (Lipinski definition) is 0. The van der Waals surface area contributed by atoms with E-state index in [1.807, 2.05) is 0 Å². The predicted octanol–water partition coefficient (Wildman–Crippen LogP) is 4.56. The highest BCUT2D eigenvalue weighted by Gasteiger charge is 2.01. The number of rotatable bonds is 7. The molecule has 0 aliphatic carbocycles. The normalized spacial score (nSPS) is 11.2. The molecule has 3 heteroatoms. The van der Waals surface area contributed by atoms with Gasteiger partial charge in [0.15, 0.2) is 0 Å². The molecule has 0 saturated heterocycles. The van der Waals surface area contributed by atoms with Crippen molar-refractivity contribution in [2.75, 3.05) is 26.2 Å². The summed E-state index contributed by atoms with van der Waals surface area (Å²) in [4.78, 5) is 8.11. The van der Waals surface area contributed by atoms with Crippen molar-refractivity contribution in [2.24, 2.45) is 5.16 Å². The lowest BCUT2D eigenvalue weighted by molar-refractivity contribution is 0.122. The maximum absolute atomic E-state index is 5.72. The van der Waals surface area contributed by atoms with Gasteiger partial charge in [-0.05, 0) is 30.3 Å². The van der Waals surface area contributed by atoms with Gasteiger partial charge in [0.25, 0.3) is 0 Å². The average Bonchev–Trinajstić information content (AvgIpc) is 2.82. The van der Waals surface area contributed by atoms with Gasteiger partial charge in [0.1, 0.15) is 12.0 Å². The lowest BCUT2D eigenvalue weighted by Crippen LogP contribution is -2.24. The molecule has 25 heavy (non-hydrogen) atoms. The first kappa shape index (κ1) is 17.4. The molecule has 3 aromatic rings. The van der Waals surface area contributed by atoms with Crippen LogP contribution in [0.5, 0.6) is 0 Å². The van der Waals surface area contributed by atoms with Crippen molar-refractivity contribution in [3.8, 4) is 0 Å². The summed E-state index contributed by atoms with van der Waals surface area (Å²) in [6.07, 6.45) is 0.986. The minimum Gasteiger partial charge on any atom is -0.395 e. The molecule has 0 heterocycles. The molecule has 3 rings (SSSR count). The van der Waals surface area contributed by atoms with Crippen LogP contribution >= 0.6 is 0 Å². The first-order chi connectivity index (χ1) is 12.3. The van der Waals surface area contributed by atoms with E-state index in [2.05, 4.69) is 84.6 Å². The van der Waals surface area contributed by atoms with E-state index in [0.717, 1.165) is 42.2 Å². The third-order valence-electron chi connectivity index (χ3n) is 4.63. The van der Waals surface area contributed by atoms with Gasteiger partial charge in [0.2, 0.25) is 0 Å². The summed E-state index contributed by atoms with van der Waals surface area (Å²) in [5, 5.41) is 10.0. The first-order valence-corrected chi connectivity index (χ1v) is 9.12. The van der Waals surface area contributed by atoms with Gasteiger partial charge in [-0.3, -0.25) is 0 Å². The van der Waals surface area contributed by atoms with Gasteiger partial charge < -0.3 is 9.74 Å². The van der Waals surface area contributed by atoms with Crippen molar-refractivity contribution in [3.05, 3.63) is 66.0 Å². The lowest BCUT2D eigenvalue weighted by atomic mass is 10.1. The Hall–Kier alpha value is -2.39. The van der Waals surface area contributed by atoms with Crippen molar-refractivity contribution in [3.63, 3.8) is 0 Å². The molecule has 0 aromatic heterocycles. The molecule has 0 aliphatic heterocycles. The van der Waals surface area contributed by atoms with Crippen LogP contribution in [0.1, 0.15) is 20.3 Å². The molecule has 0 aliphatic rings. The average molecular weight is 334 g/mol. The summed E-state index contributed by atoms with van der Waals surface area (Å²) in [5.41, 5.74) is 0. The number of nitrogens with zero attached hydrogens (tertiary/aromatic N) is 2. The third kappa shape index (κ3) is 4.18. The second-order valence-corrected chi connectivity index (χ2v) is 6.16. The maximum atomic E-state index is 5.72. The second-order valence-electron chi connectivity index (χ2n) is 6.16. The summed E-state index contributed by atoms with van der Waals surface area (Å²) in [5.74, 6) is 0. The largest absolute Gasteiger partial charge is 0.395 e. The van der Waals surface area contributed by atoms with E-state index in [9.17, 15) is 0 Å². The maximum Gasteiger partial charge on any atom is 0.118 e. The van der Waals surface area contributed by atoms with Crippen LogP contribution in [0.4, 0.5) is 0 Å². The van der Waals surface area contributed by atoms with Crippen LogP contribution in [0.25, 0.3) is 21.5 Å². The molecule has 0 bridgehead atoms. The minimum absolute atomic E-state index is 0.637. The van der Waals surface area contributed by atoms with E-state index in [0.29, 0.717) is 6.61 Å². The van der Waals surface area contributed by atoms with Gasteiger partial charge >= 0.3 is 0 Å². The molecule has 0 saturated carbocycles. The molecule has 0 amide bonds. The van der Waals surface area contributed by atoms with Gasteiger partial charge in [0.05, 0.1) is 0 Å². The van der Waals surface area contributed by atoms with E-state index >= 15 is 0 Å². The Labute approximate surface area is 149 Å². The van der Waals surface area contributed by atoms with E-state index < -0.39 is 0 Å². The van der Waals surface area contributed by atoms with Crippen LogP contribution in [0, 0.1) is 0 Å². The Kier molecular flexibility index (Phi) is 6.02. The summed E-state index contributed by atoms with van der Waals surface area (Å²) in [6.45, 7) is 8.23. The van der Waals surface area contributed by atoms with Gasteiger partial charge in [-0.25, -0.2) is 0 Å². The van der Waals surface area contributed by atoms with Gasteiger partial charge in [-0.1, -0.05) is 79.7 Å². The molecule has 130 valence electrons. The fourth-order valence-corrected chi connectivity index (χ4v) is 3.14. The summed E-state index contributed by atoms with van der Waals surface area (Å²) >= 11 is 0. The minimum atomic E-state index is 0.637. The first-order valence-electron chi connectivity index (χ1n) is 9.12. The van der Waals surface area contributed by atoms with Crippen molar-refractivity contribution < 1.29 is 4.84 Å². The molecule has 0 fully saturated rings. The molecular formula is C22H26N2O. The van der Waals surface area contributed by atoms with Crippen molar-refractivity contribution >= 4 is 21.5 Å². The topological polar surface area (TPSA) is 24.8 Å². The summed E-state index contributed by atoms with van der Waals surface area (Å²) < 4.78 is 0. The molecule has 3 aromatic carbocycles. The van der Waals surface area contributed by atoms with Crippen LogP contribution in [0.2, 0.25) is 0 Å². The Morgan fingerprint density at radius 3 is 1.92 bits per heavy atom. The van der Waals surface area contributed by atoms with E-state index in [-0.39, 0.29) is 0 Å². The van der Waals surface area contributed by atoms with Crippen molar-refractivity contribution in [2.45, 2.75) is 20.3 Å².